The monoisotopic (exact) mass is 242 g/mol. The SMILES string of the molecule is CCOC(=O)C=C(C)CCCCC(=O)OCC. The fraction of sp³-hybridized carbons (Fsp3) is 0.692. The Morgan fingerprint density at radius 3 is 2.18 bits per heavy atom. The van der Waals surface area contributed by atoms with Crippen LogP contribution < -0.4 is 0 Å². The zero-order valence-corrected chi connectivity index (χ0v) is 11.0. The first-order valence-electron chi connectivity index (χ1n) is 6.09. The summed E-state index contributed by atoms with van der Waals surface area (Å²) in [5.74, 6) is -0.449. The summed E-state index contributed by atoms with van der Waals surface area (Å²) in [6.07, 6.45) is 4.42. The van der Waals surface area contributed by atoms with E-state index in [1.54, 1.807) is 13.8 Å². The molecule has 0 saturated heterocycles. The third-order valence-corrected chi connectivity index (χ3v) is 2.16. The summed E-state index contributed by atoms with van der Waals surface area (Å²) < 4.78 is 9.62. The molecule has 0 unspecified atom stereocenters. The molecule has 4 heteroatoms. The van der Waals surface area contributed by atoms with Crippen LogP contribution >= 0.6 is 0 Å². The molecule has 0 aromatic carbocycles. The minimum Gasteiger partial charge on any atom is -0.466 e. The molecule has 0 rings (SSSR count). The molecule has 0 heterocycles. The van der Waals surface area contributed by atoms with Gasteiger partial charge in [0, 0.05) is 12.5 Å². The van der Waals surface area contributed by atoms with Crippen molar-refractivity contribution in [2.24, 2.45) is 0 Å². The number of carbonyl (C=O) groups excluding carboxylic acids is 2. The number of hydrogen-bond acceptors (Lipinski definition) is 4. The summed E-state index contributed by atoms with van der Waals surface area (Å²) in [4.78, 5) is 22.1. The second-order valence-corrected chi connectivity index (χ2v) is 3.75. The maximum Gasteiger partial charge on any atom is 0.330 e. The summed E-state index contributed by atoms with van der Waals surface area (Å²) in [6.45, 7) is 6.29. The first-order chi connectivity index (χ1) is 8.10. The lowest BCUT2D eigenvalue weighted by molar-refractivity contribution is -0.143. The molecule has 17 heavy (non-hydrogen) atoms. The van der Waals surface area contributed by atoms with Crippen LogP contribution in [0.1, 0.15) is 46.5 Å². The van der Waals surface area contributed by atoms with Crippen molar-refractivity contribution >= 4 is 11.9 Å². The zero-order chi connectivity index (χ0) is 13.1. The Hall–Kier alpha value is -1.32. The van der Waals surface area contributed by atoms with Gasteiger partial charge < -0.3 is 9.47 Å². The largest absolute Gasteiger partial charge is 0.466 e. The minimum absolute atomic E-state index is 0.153. The number of unbranched alkanes of at least 4 members (excludes halogenated alkanes) is 1. The van der Waals surface area contributed by atoms with Crippen molar-refractivity contribution in [2.75, 3.05) is 13.2 Å². The van der Waals surface area contributed by atoms with Crippen LogP contribution in [0.5, 0.6) is 0 Å². The van der Waals surface area contributed by atoms with E-state index < -0.39 is 0 Å². The van der Waals surface area contributed by atoms with E-state index in [9.17, 15) is 9.59 Å². The number of allylic oxidation sites excluding steroid dienone is 1. The van der Waals surface area contributed by atoms with Crippen LogP contribution in [-0.2, 0) is 19.1 Å². The fourth-order valence-electron chi connectivity index (χ4n) is 1.36. The summed E-state index contributed by atoms with van der Waals surface area (Å²) in [7, 11) is 0. The van der Waals surface area contributed by atoms with E-state index in [-0.39, 0.29) is 11.9 Å². The molecule has 4 nitrogen and oxygen atoms in total. The van der Waals surface area contributed by atoms with E-state index in [1.807, 2.05) is 6.92 Å². The molecular formula is C13H22O4. The van der Waals surface area contributed by atoms with Gasteiger partial charge >= 0.3 is 11.9 Å². The smallest absolute Gasteiger partial charge is 0.330 e. The maximum atomic E-state index is 11.1. The number of ether oxygens (including phenoxy) is 2. The summed E-state index contributed by atoms with van der Waals surface area (Å²) in [5.41, 5.74) is 0.979. The first kappa shape index (κ1) is 15.7. The molecule has 0 aliphatic heterocycles. The van der Waals surface area contributed by atoms with Gasteiger partial charge in [-0.2, -0.15) is 0 Å². The van der Waals surface area contributed by atoms with E-state index in [0.717, 1.165) is 24.8 Å². The van der Waals surface area contributed by atoms with Crippen LogP contribution in [0.25, 0.3) is 0 Å². The lowest BCUT2D eigenvalue weighted by Gasteiger charge is -2.03. The molecule has 98 valence electrons. The van der Waals surface area contributed by atoms with E-state index >= 15 is 0 Å². The second kappa shape index (κ2) is 9.87. The average Bonchev–Trinajstić information content (AvgIpc) is 2.25. The summed E-state index contributed by atoms with van der Waals surface area (Å²) >= 11 is 0. The van der Waals surface area contributed by atoms with E-state index in [2.05, 4.69) is 0 Å². The van der Waals surface area contributed by atoms with Crippen LogP contribution in [0, 0.1) is 0 Å². The maximum absolute atomic E-state index is 11.1. The Kier molecular flexibility index (Phi) is 9.11. The number of rotatable bonds is 8. The zero-order valence-electron chi connectivity index (χ0n) is 11.0. The molecule has 0 saturated carbocycles. The van der Waals surface area contributed by atoms with E-state index in [4.69, 9.17) is 9.47 Å². The predicted molar refractivity (Wildman–Crippen MR) is 65.5 cm³/mol. The van der Waals surface area contributed by atoms with Gasteiger partial charge in [0.05, 0.1) is 13.2 Å². The Bertz CT molecular complexity index is 269. The van der Waals surface area contributed by atoms with Gasteiger partial charge in [0.15, 0.2) is 0 Å². The average molecular weight is 242 g/mol. The molecule has 0 bridgehead atoms. The van der Waals surface area contributed by atoms with Crippen molar-refractivity contribution in [1.82, 2.24) is 0 Å². The quantitative estimate of drug-likeness (QED) is 0.373. The molecule has 0 radical (unpaired) electrons. The molecule has 0 aliphatic rings. The second-order valence-electron chi connectivity index (χ2n) is 3.75. The normalized spacial score (nSPS) is 11.1. The molecule has 0 atom stereocenters. The van der Waals surface area contributed by atoms with Crippen molar-refractivity contribution < 1.29 is 19.1 Å². The van der Waals surface area contributed by atoms with Crippen molar-refractivity contribution in [3.63, 3.8) is 0 Å². The predicted octanol–water partition coefficient (Wildman–Crippen LogP) is 2.62. The van der Waals surface area contributed by atoms with Crippen molar-refractivity contribution in [3.8, 4) is 0 Å². The van der Waals surface area contributed by atoms with Gasteiger partial charge in [-0.05, 0) is 40.0 Å². The highest BCUT2D eigenvalue weighted by Gasteiger charge is 2.02. The first-order valence-corrected chi connectivity index (χ1v) is 6.09. The topological polar surface area (TPSA) is 52.6 Å². The van der Waals surface area contributed by atoms with Crippen LogP contribution in [0.3, 0.4) is 0 Å². The standard InChI is InChI=1S/C13H22O4/c1-4-16-12(14)9-7-6-8-11(3)10-13(15)17-5-2/h10H,4-9H2,1-3H3. The van der Waals surface area contributed by atoms with E-state index in [1.165, 1.54) is 6.08 Å². The van der Waals surface area contributed by atoms with Gasteiger partial charge in [-0.15, -0.1) is 0 Å². The molecular weight excluding hydrogens is 220 g/mol. The highest BCUT2D eigenvalue weighted by molar-refractivity contribution is 5.82. The molecule has 0 aromatic heterocycles. The Morgan fingerprint density at radius 2 is 1.59 bits per heavy atom. The highest BCUT2D eigenvalue weighted by Crippen LogP contribution is 2.09. The number of carbonyl (C=O) groups is 2. The summed E-state index contributed by atoms with van der Waals surface area (Å²) in [5, 5.41) is 0. The molecule has 0 fully saturated rings. The lowest BCUT2D eigenvalue weighted by Crippen LogP contribution is -2.03. The van der Waals surface area contributed by atoms with Gasteiger partial charge in [0.25, 0.3) is 0 Å². The third-order valence-electron chi connectivity index (χ3n) is 2.16. The number of hydrogen-bond donors (Lipinski definition) is 0. The molecule has 0 aromatic rings. The lowest BCUT2D eigenvalue weighted by atomic mass is 10.1. The van der Waals surface area contributed by atoms with Crippen molar-refractivity contribution in [2.45, 2.75) is 46.5 Å². The number of esters is 2. The molecule has 0 aliphatic carbocycles. The van der Waals surface area contributed by atoms with Gasteiger partial charge in [-0.25, -0.2) is 4.79 Å². The Labute approximate surface area is 103 Å². The fourth-order valence-corrected chi connectivity index (χ4v) is 1.36. The van der Waals surface area contributed by atoms with Crippen molar-refractivity contribution in [1.29, 1.82) is 0 Å². The van der Waals surface area contributed by atoms with Gasteiger partial charge in [-0.1, -0.05) is 5.57 Å². The third kappa shape index (κ3) is 9.60. The summed E-state index contributed by atoms with van der Waals surface area (Å²) in [6, 6.07) is 0. The Balaban J connectivity index is 3.67. The highest BCUT2D eigenvalue weighted by atomic mass is 16.5. The van der Waals surface area contributed by atoms with Crippen LogP contribution in [-0.4, -0.2) is 25.2 Å². The van der Waals surface area contributed by atoms with Gasteiger partial charge in [-0.3, -0.25) is 4.79 Å². The molecule has 0 N–H and O–H groups in total. The van der Waals surface area contributed by atoms with Crippen LogP contribution in [0.15, 0.2) is 11.6 Å². The van der Waals surface area contributed by atoms with Crippen LogP contribution in [0.2, 0.25) is 0 Å². The van der Waals surface area contributed by atoms with Crippen molar-refractivity contribution in [3.05, 3.63) is 11.6 Å². The molecule has 0 amide bonds. The van der Waals surface area contributed by atoms with E-state index in [0.29, 0.717) is 19.6 Å². The van der Waals surface area contributed by atoms with Gasteiger partial charge in [0.2, 0.25) is 0 Å². The molecule has 0 spiro atoms. The van der Waals surface area contributed by atoms with Crippen LogP contribution in [0.4, 0.5) is 0 Å². The Morgan fingerprint density at radius 1 is 1.00 bits per heavy atom. The minimum atomic E-state index is -0.296. The van der Waals surface area contributed by atoms with Gasteiger partial charge in [0.1, 0.15) is 0 Å².